The molecule has 0 aliphatic rings. The van der Waals surface area contributed by atoms with Gasteiger partial charge in [0.1, 0.15) is 0 Å². The third-order valence-corrected chi connectivity index (χ3v) is 2.32. The van der Waals surface area contributed by atoms with E-state index in [1.807, 2.05) is 20.8 Å². The minimum atomic E-state index is -4.38. The van der Waals surface area contributed by atoms with E-state index >= 15 is 0 Å². The van der Waals surface area contributed by atoms with Gasteiger partial charge in [-0.2, -0.15) is 18.3 Å². The summed E-state index contributed by atoms with van der Waals surface area (Å²) in [6.45, 7) is 5.49. The number of halogens is 3. The van der Waals surface area contributed by atoms with Crippen LogP contribution in [0.5, 0.6) is 0 Å². The Hall–Kier alpha value is -1.04. The molecule has 0 fully saturated rings. The van der Waals surface area contributed by atoms with Crippen LogP contribution in [0.2, 0.25) is 0 Å². The molecule has 1 unspecified atom stereocenters. The van der Waals surface area contributed by atoms with Crippen LogP contribution in [0.1, 0.15) is 26.3 Å². The van der Waals surface area contributed by atoms with Crippen LogP contribution in [0.25, 0.3) is 0 Å². The zero-order valence-electron chi connectivity index (χ0n) is 9.41. The summed E-state index contributed by atoms with van der Waals surface area (Å²) in [5, 5.41) is 13.3. The maximum Gasteiger partial charge on any atom is 0.419 e. The summed E-state index contributed by atoms with van der Waals surface area (Å²) in [4.78, 5) is 0. The van der Waals surface area contributed by atoms with Gasteiger partial charge in [-0.05, 0) is 5.41 Å². The summed E-state index contributed by atoms with van der Waals surface area (Å²) in [5.74, 6) is 0. The summed E-state index contributed by atoms with van der Waals surface area (Å²) in [6, 6.07) is 0. The predicted molar refractivity (Wildman–Crippen MR) is 52.7 cm³/mol. The highest BCUT2D eigenvalue weighted by atomic mass is 19.4. The summed E-state index contributed by atoms with van der Waals surface area (Å²) < 4.78 is 37.9. The molecule has 0 bridgehead atoms. The van der Waals surface area contributed by atoms with E-state index in [0.717, 1.165) is 17.1 Å². The SMILES string of the molecule is CC(C)(C)C(O)Cn1cc(C(F)(F)F)cn1. The van der Waals surface area contributed by atoms with E-state index in [9.17, 15) is 18.3 Å². The molecule has 0 aliphatic heterocycles. The van der Waals surface area contributed by atoms with Crippen LogP contribution in [0.4, 0.5) is 13.2 Å². The van der Waals surface area contributed by atoms with Crippen LogP contribution in [0, 0.1) is 5.41 Å². The molecule has 0 aromatic carbocycles. The van der Waals surface area contributed by atoms with Crippen molar-refractivity contribution in [2.75, 3.05) is 0 Å². The lowest BCUT2D eigenvalue weighted by Gasteiger charge is -2.25. The number of hydrogen-bond acceptors (Lipinski definition) is 2. The summed E-state index contributed by atoms with van der Waals surface area (Å²) >= 11 is 0. The van der Waals surface area contributed by atoms with E-state index in [0.29, 0.717) is 0 Å². The highest BCUT2D eigenvalue weighted by Crippen LogP contribution is 2.29. The molecule has 0 saturated heterocycles. The maximum atomic E-state index is 12.3. The topological polar surface area (TPSA) is 38.0 Å². The van der Waals surface area contributed by atoms with Gasteiger partial charge in [0.2, 0.25) is 0 Å². The molecule has 1 rings (SSSR count). The van der Waals surface area contributed by atoms with Crippen molar-refractivity contribution in [1.82, 2.24) is 9.78 Å². The van der Waals surface area contributed by atoms with Crippen LogP contribution >= 0.6 is 0 Å². The quantitative estimate of drug-likeness (QED) is 0.855. The standard InChI is InChI=1S/C10H15F3N2O/c1-9(2,3)8(16)6-15-5-7(4-14-15)10(11,12)13/h4-5,8,16H,6H2,1-3H3. The van der Waals surface area contributed by atoms with Crippen LogP contribution in [-0.2, 0) is 12.7 Å². The number of rotatable bonds is 2. The predicted octanol–water partition coefficient (Wildman–Crippen LogP) is 2.31. The fraction of sp³-hybridized carbons (Fsp3) is 0.700. The molecule has 1 atom stereocenters. The molecule has 0 radical (unpaired) electrons. The Labute approximate surface area is 91.9 Å². The molecule has 6 heteroatoms. The smallest absolute Gasteiger partial charge is 0.391 e. The Balaban J connectivity index is 2.74. The Kier molecular flexibility index (Phi) is 3.33. The largest absolute Gasteiger partial charge is 0.419 e. The van der Waals surface area contributed by atoms with Crippen LogP contribution in [-0.4, -0.2) is 21.0 Å². The molecule has 0 amide bonds. The molecular formula is C10H15F3N2O. The van der Waals surface area contributed by atoms with Gasteiger partial charge in [0, 0.05) is 6.20 Å². The monoisotopic (exact) mass is 236 g/mol. The van der Waals surface area contributed by atoms with Gasteiger partial charge in [-0.25, -0.2) is 0 Å². The second kappa shape index (κ2) is 4.08. The molecule has 16 heavy (non-hydrogen) atoms. The van der Waals surface area contributed by atoms with Crippen molar-refractivity contribution in [2.45, 2.75) is 39.6 Å². The van der Waals surface area contributed by atoms with E-state index in [1.54, 1.807) is 0 Å². The lowest BCUT2D eigenvalue weighted by Crippen LogP contribution is -2.30. The van der Waals surface area contributed by atoms with Crippen molar-refractivity contribution in [3.63, 3.8) is 0 Å². The number of alkyl halides is 3. The second-order valence-corrected chi connectivity index (χ2v) is 4.83. The van der Waals surface area contributed by atoms with Gasteiger partial charge in [0.25, 0.3) is 0 Å². The molecule has 0 saturated carbocycles. The van der Waals surface area contributed by atoms with Gasteiger partial charge in [-0.1, -0.05) is 20.8 Å². The van der Waals surface area contributed by atoms with E-state index in [4.69, 9.17) is 0 Å². The number of hydrogen-bond donors (Lipinski definition) is 1. The number of nitrogens with zero attached hydrogens (tertiary/aromatic N) is 2. The molecule has 0 spiro atoms. The second-order valence-electron chi connectivity index (χ2n) is 4.83. The molecule has 1 aromatic heterocycles. The zero-order valence-corrected chi connectivity index (χ0v) is 9.41. The van der Waals surface area contributed by atoms with E-state index in [2.05, 4.69) is 5.10 Å². The molecule has 3 nitrogen and oxygen atoms in total. The zero-order chi connectivity index (χ0) is 12.6. The first kappa shape index (κ1) is 13.0. The van der Waals surface area contributed by atoms with Gasteiger partial charge in [-0.15, -0.1) is 0 Å². The van der Waals surface area contributed by atoms with Gasteiger partial charge >= 0.3 is 6.18 Å². The first-order valence-corrected chi connectivity index (χ1v) is 4.88. The Bertz CT molecular complexity index is 352. The third-order valence-electron chi connectivity index (χ3n) is 2.32. The number of aromatic nitrogens is 2. The normalized spacial score (nSPS) is 15.2. The Morgan fingerprint density at radius 1 is 1.38 bits per heavy atom. The van der Waals surface area contributed by atoms with Crippen molar-refractivity contribution < 1.29 is 18.3 Å². The average molecular weight is 236 g/mol. The maximum absolute atomic E-state index is 12.3. The Morgan fingerprint density at radius 2 is 1.94 bits per heavy atom. The minimum absolute atomic E-state index is 0.0551. The van der Waals surface area contributed by atoms with Crippen molar-refractivity contribution in [3.8, 4) is 0 Å². The number of aliphatic hydroxyl groups is 1. The van der Waals surface area contributed by atoms with Crippen molar-refractivity contribution in [3.05, 3.63) is 18.0 Å². The fourth-order valence-electron chi connectivity index (χ4n) is 1.06. The lowest BCUT2D eigenvalue weighted by atomic mass is 9.89. The highest BCUT2D eigenvalue weighted by molar-refractivity contribution is 5.08. The van der Waals surface area contributed by atoms with Crippen molar-refractivity contribution in [2.24, 2.45) is 5.41 Å². The highest BCUT2D eigenvalue weighted by Gasteiger charge is 2.32. The average Bonchev–Trinajstić information content (AvgIpc) is 2.49. The summed E-state index contributed by atoms with van der Waals surface area (Å²) in [6.07, 6.45) is -3.47. The first-order chi connectivity index (χ1) is 7.10. The first-order valence-electron chi connectivity index (χ1n) is 4.88. The van der Waals surface area contributed by atoms with Crippen molar-refractivity contribution >= 4 is 0 Å². The van der Waals surface area contributed by atoms with E-state index in [1.165, 1.54) is 0 Å². The Morgan fingerprint density at radius 3 is 2.31 bits per heavy atom. The van der Waals surface area contributed by atoms with Crippen LogP contribution in [0.15, 0.2) is 12.4 Å². The number of aliphatic hydroxyl groups excluding tert-OH is 1. The molecule has 92 valence electrons. The third kappa shape index (κ3) is 3.23. The van der Waals surface area contributed by atoms with Crippen molar-refractivity contribution in [1.29, 1.82) is 0 Å². The summed E-state index contributed by atoms with van der Waals surface area (Å²) in [5.41, 5.74) is -1.18. The van der Waals surface area contributed by atoms with Crippen LogP contribution in [0.3, 0.4) is 0 Å². The van der Waals surface area contributed by atoms with E-state index in [-0.39, 0.29) is 12.0 Å². The molecule has 1 heterocycles. The molecule has 1 aromatic rings. The summed E-state index contributed by atoms with van der Waals surface area (Å²) in [7, 11) is 0. The van der Waals surface area contributed by atoms with Gasteiger partial charge < -0.3 is 5.11 Å². The minimum Gasteiger partial charge on any atom is -0.391 e. The van der Waals surface area contributed by atoms with E-state index < -0.39 is 17.8 Å². The lowest BCUT2D eigenvalue weighted by molar-refractivity contribution is -0.137. The van der Waals surface area contributed by atoms with Gasteiger partial charge in [-0.3, -0.25) is 4.68 Å². The van der Waals surface area contributed by atoms with Gasteiger partial charge in [0.05, 0.1) is 24.4 Å². The molecule has 0 aliphatic carbocycles. The molecule has 1 N–H and O–H groups in total. The van der Waals surface area contributed by atoms with Gasteiger partial charge in [0.15, 0.2) is 0 Å². The molecular weight excluding hydrogens is 221 g/mol. The fourth-order valence-corrected chi connectivity index (χ4v) is 1.06. The van der Waals surface area contributed by atoms with Crippen LogP contribution < -0.4 is 0 Å².